The zero-order chi connectivity index (χ0) is 19.6. The Labute approximate surface area is 173 Å². The highest BCUT2D eigenvalue weighted by molar-refractivity contribution is 7.21. The van der Waals surface area contributed by atoms with E-state index in [2.05, 4.69) is 44.2 Å². The number of aromatic nitrogens is 4. The highest BCUT2D eigenvalue weighted by atomic mass is 32.1. The van der Waals surface area contributed by atoms with Crippen molar-refractivity contribution in [1.29, 1.82) is 0 Å². The minimum atomic E-state index is 0.657. The molecule has 1 aliphatic heterocycles. The minimum Gasteiger partial charge on any atom is -0.316 e. The predicted molar refractivity (Wildman–Crippen MR) is 117 cm³/mol. The van der Waals surface area contributed by atoms with E-state index in [1.807, 2.05) is 30.5 Å². The topological polar surface area (TPSA) is 66.8 Å². The van der Waals surface area contributed by atoms with Crippen LogP contribution in [0.5, 0.6) is 0 Å². The van der Waals surface area contributed by atoms with E-state index >= 15 is 0 Å². The van der Waals surface area contributed by atoms with Gasteiger partial charge in [-0.3, -0.25) is 9.88 Å². The summed E-state index contributed by atoms with van der Waals surface area (Å²) >= 11 is 1.54. The van der Waals surface area contributed by atoms with Gasteiger partial charge in [0.05, 0.1) is 5.69 Å². The van der Waals surface area contributed by atoms with Crippen molar-refractivity contribution in [2.24, 2.45) is 0 Å². The maximum atomic E-state index is 4.76. The van der Waals surface area contributed by atoms with Crippen LogP contribution < -0.4 is 5.32 Å². The Bertz CT molecular complexity index is 1130. The summed E-state index contributed by atoms with van der Waals surface area (Å²) in [5.41, 5.74) is 4.14. The average molecular weight is 403 g/mol. The molecular weight excluding hydrogens is 380 g/mol. The lowest BCUT2D eigenvalue weighted by Crippen LogP contribution is -2.26. The zero-order valence-corrected chi connectivity index (χ0v) is 17.1. The second-order valence-corrected chi connectivity index (χ2v) is 8.39. The highest BCUT2D eigenvalue weighted by Crippen LogP contribution is 2.29. The van der Waals surface area contributed by atoms with Crippen molar-refractivity contribution in [3.05, 3.63) is 60.6 Å². The third-order valence-corrected chi connectivity index (χ3v) is 6.25. The van der Waals surface area contributed by atoms with E-state index in [0.717, 1.165) is 39.1 Å². The summed E-state index contributed by atoms with van der Waals surface area (Å²) in [5, 5.41) is 4.16. The van der Waals surface area contributed by atoms with Crippen LogP contribution in [0, 0.1) is 0 Å². The van der Waals surface area contributed by atoms with Gasteiger partial charge < -0.3 is 5.32 Å². The normalized spacial score (nSPS) is 17.1. The van der Waals surface area contributed by atoms with Gasteiger partial charge in [-0.25, -0.2) is 15.0 Å². The molecule has 1 N–H and O–H groups in total. The number of thiazole rings is 1. The third-order valence-electron chi connectivity index (χ3n) is 5.37. The van der Waals surface area contributed by atoms with Gasteiger partial charge in [0.2, 0.25) is 0 Å². The molecule has 1 aliphatic rings. The van der Waals surface area contributed by atoms with Gasteiger partial charge in [0.1, 0.15) is 16.2 Å². The Kier molecular flexibility index (Phi) is 4.91. The van der Waals surface area contributed by atoms with Crippen LogP contribution in [0.4, 0.5) is 10.9 Å². The molecule has 5 heterocycles. The van der Waals surface area contributed by atoms with Crippen molar-refractivity contribution < 1.29 is 0 Å². The quantitative estimate of drug-likeness (QED) is 0.513. The SMILES string of the molecule is C[C@H]1CCCN1Cc1ccnc(Nc2nc3ccc(-c4ccncc4)nc3s2)c1. The summed E-state index contributed by atoms with van der Waals surface area (Å²) in [6.45, 7) is 4.45. The van der Waals surface area contributed by atoms with Gasteiger partial charge in [-0.2, -0.15) is 0 Å². The molecule has 0 radical (unpaired) electrons. The van der Waals surface area contributed by atoms with E-state index in [-0.39, 0.29) is 0 Å². The number of hydrogen-bond donors (Lipinski definition) is 1. The second-order valence-electron chi connectivity index (χ2n) is 7.41. The first-order chi connectivity index (χ1) is 14.2. The molecule has 0 saturated carbocycles. The van der Waals surface area contributed by atoms with E-state index in [4.69, 9.17) is 4.98 Å². The molecule has 146 valence electrons. The van der Waals surface area contributed by atoms with Crippen molar-refractivity contribution in [2.75, 3.05) is 11.9 Å². The Morgan fingerprint density at radius 3 is 2.83 bits per heavy atom. The maximum Gasteiger partial charge on any atom is 0.190 e. The molecule has 7 heteroatoms. The van der Waals surface area contributed by atoms with E-state index in [1.54, 1.807) is 23.7 Å². The predicted octanol–water partition coefficient (Wildman–Crippen LogP) is 4.88. The lowest BCUT2D eigenvalue weighted by atomic mass is 10.2. The van der Waals surface area contributed by atoms with Gasteiger partial charge in [-0.15, -0.1) is 0 Å². The molecule has 1 atom stereocenters. The molecule has 5 rings (SSSR count). The molecule has 6 nitrogen and oxygen atoms in total. The van der Waals surface area contributed by atoms with Crippen LogP contribution in [0.25, 0.3) is 21.6 Å². The number of anilines is 2. The van der Waals surface area contributed by atoms with E-state index in [0.29, 0.717) is 6.04 Å². The molecular formula is C22H22N6S. The van der Waals surface area contributed by atoms with E-state index in [1.165, 1.54) is 24.9 Å². The molecule has 0 aromatic carbocycles. The summed E-state index contributed by atoms with van der Waals surface area (Å²) in [4.78, 5) is 21.4. The molecule has 0 aliphatic carbocycles. The largest absolute Gasteiger partial charge is 0.316 e. The summed E-state index contributed by atoms with van der Waals surface area (Å²) < 4.78 is 0. The van der Waals surface area contributed by atoms with Gasteiger partial charge in [0.25, 0.3) is 0 Å². The van der Waals surface area contributed by atoms with Crippen LogP contribution in [0.1, 0.15) is 25.3 Å². The van der Waals surface area contributed by atoms with Crippen LogP contribution in [-0.4, -0.2) is 37.4 Å². The number of likely N-dealkylation sites (tertiary alicyclic amines) is 1. The monoisotopic (exact) mass is 402 g/mol. The fourth-order valence-electron chi connectivity index (χ4n) is 3.77. The first-order valence-electron chi connectivity index (χ1n) is 9.88. The van der Waals surface area contributed by atoms with Crippen LogP contribution in [-0.2, 0) is 6.54 Å². The van der Waals surface area contributed by atoms with Crippen LogP contribution in [0.2, 0.25) is 0 Å². The summed E-state index contributed by atoms with van der Waals surface area (Å²) in [6, 6.07) is 12.8. The Hall–Kier alpha value is -2.90. The Balaban J connectivity index is 1.35. The first-order valence-corrected chi connectivity index (χ1v) is 10.7. The lowest BCUT2D eigenvalue weighted by Gasteiger charge is -2.21. The smallest absolute Gasteiger partial charge is 0.190 e. The molecule has 29 heavy (non-hydrogen) atoms. The number of hydrogen-bond acceptors (Lipinski definition) is 7. The van der Waals surface area contributed by atoms with Crippen molar-refractivity contribution >= 4 is 32.6 Å². The number of nitrogens with zero attached hydrogens (tertiary/aromatic N) is 5. The fourth-order valence-corrected chi connectivity index (χ4v) is 4.61. The van der Waals surface area contributed by atoms with Crippen LogP contribution in [0.3, 0.4) is 0 Å². The first kappa shape index (κ1) is 18.1. The lowest BCUT2D eigenvalue weighted by molar-refractivity contribution is 0.260. The third kappa shape index (κ3) is 3.97. The maximum absolute atomic E-state index is 4.76. The van der Waals surface area contributed by atoms with E-state index in [9.17, 15) is 0 Å². The molecule has 4 aromatic heterocycles. The van der Waals surface area contributed by atoms with Gasteiger partial charge in [0, 0.05) is 36.7 Å². The van der Waals surface area contributed by atoms with Gasteiger partial charge in [-0.05, 0) is 68.3 Å². The Morgan fingerprint density at radius 1 is 1.10 bits per heavy atom. The van der Waals surface area contributed by atoms with Crippen molar-refractivity contribution in [2.45, 2.75) is 32.4 Å². The summed E-state index contributed by atoms with van der Waals surface area (Å²) in [7, 11) is 0. The Morgan fingerprint density at radius 2 is 2.00 bits per heavy atom. The highest BCUT2D eigenvalue weighted by Gasteiger charge is 2.20. The average Bonchev–Trinajstić information content (AvgIpc) is 3.33. The fraction of sp³-hybridized carbons (Fsp3) is 0.273. The number of pyridine rings is 3. The second kappa shape index (κ2) is 7.85. The summed E-state index contributed by atoms with van der Waals surface area (Å²) in [6.07, 6.45) is 8.00. The molecule has 1 fully saturated rings. The molecule has 0 bridgehead atoms. The zero-order valence-electron chi connectivity index (χ0n) is 16.2. The standard InChI is InChI=1S/C22H22N6S/c1-15-3-2-12-28(15)14-16-6-11-24-20(13-16)27-22-26-19-5-4-18(25-21(19)29-22)17-7-9-23-10-8-17/h4-11,13,15H,2-3,12,14H2,1H3,(H,24,26,27)/t15-/m0/s1. The molecule has 0 spiro atoms. The van der Waals surface area contributed by atoms with Crippen molar-refractivity contribution in [3.8, 4) is 11.3 Å². The molecule has 0 amide bonds. The van der Waals surface area contributed by atoms with Gasteiger partial charge in [-0.1, -0.05) is 11.3 Å². The van der Waals surface area contributed by atoms with Crippen LogP contribution >= 0.6 is 11.3 Å². The van der Waals surface area contributed by atoms with Crippen molar-refractivity contribution in [1.82, 2.24) is 24.8 Å². The van der Waals surface area contributed by atoms with E-state index < -0.39 is 0 Å². The molecule has 0 unspecified atom stereocenters. The van der Waals surface area contributed by atoms with Crippen molar-refractivity contribution in [3.63, 3.8) is 0 Å². The number of rotatable bonds is 5. The number of fused-ring (bicyclic) bond motifs is 1. The number of nitrogens with one attached hydrogen (secondary N) is 1. The summed E-state index contributed by atoms with van der Waals surface area (Å²) in [5.74, 6) is 0.822. The van der Waals surface area contributed by atoms with Gasteiger partial charge >= 0.3 is 0 Å². The molecule has 1 saturated heterocycles. The molecule has 4 aromatic rings. The van der Waals surface area contributed by atoms with Gasteiger partial charge in [0.15, 0.2) is 5.13 Å². The van der Waals surface area contributed by atoms with Crippen LogP contribution in [0.15, 0.2) is 55.0 Å². The minimum absolute atomic E-state index is 0.657.